The topological polar surface area (TPSA) is 41.9 Å². The Bertz CT molecular complexity index is 760. The minimum Gasteiger partial charge on any atom is -0.497 e. The van der Waals surface area contributed by atoms with Gasteiger partial charge in [0.15, 0.2) is 0 Å². The molecule has 0 radical (unpaired) electrons. The van der Waals surface area contributed by atoms with Crippen LogP contribution in [0.3, 0.4) is 0 Å². The lowest BCUT2D eigenvalue weighted by atomic mass is 9.98. The van der Waals surface area contributed by atoms with Crippen molar-refractivity contribution < 1.29 is 9.53 Å². The van der Waals surface area contributed by atoms with Crippen molar-refractivity contribution in [1.29, 1.82) is 0 Å². The average Bonchev–Trinajstić information content (AvgIpc) is 3.07. The van der Waals surface area contributed by atoms with Crippen molar-refractivity contribution >= 4 is 39.1 Å². The number of rotatable bonds is 4. The van der Waals surface area contributed by atoms with Gasteiger partial charge in [-0.05, 0) is 35.4 Å². The van der Waals surface area contributed by atoms with Crippen LogP contribution in [0, 0.1) is 0 Å². The van der Waals surface area contributed by atoms with Gasteiger partial charge in [0.2, 0.25) is 0 Å². The molecule has 0 saturated heterocycles. The fraction of sp³-hybridized carbons (Fsp3) is 0.222. The number of nitrogens with zero attached hydrogens (tertiary/aromatic N) is 2. The molecule has 4 nitrogen and oxygen atoms in total. The molecule has 0 bridgehead atoms. The highest BCUT2D eigenvalue weighted by Crippen LogP contribution is 2.33. The van der Waals surface area contributed by atoms with Crippen LogP contribution in [-0.2, 0) is 4.79 Å². The summed E-state index contributed by atoms with van der Waals surface area (Å²) in [6.45, 7) is 0. The number of hydrogen-bond donors (Lipinski definition) is 0. The molecule has 2 aromatic rings. The summed E-state index contributed by atoms with van der Waals surface area (Å²) in [5, 5.41) is 6.02. The van der Waals surface area contributed by atoms with Gasteiger partial charge in [0, 0.05) is 10.9 Å². The van der Waals surface area contributed by atoms with Gasteiger partial charge in [0.05, 0.1) is 18.9 Å². The molecular formula is C18H16BrClN2O2. The molecule has 0 aliphatic carbocycles. The smallest absolute Gasteiger partial charge is 0.258 e. The van der Waals surface area contributed by atoms with E-state index in [1.807, 2.05) is 48.5 Å². The summed E-state index contributed by atoms with van der Waals surface area (Å²) in [6.07, 6.45) is 0.649. The molecule has 1 atom stereocenters. The summed E-state index contributed by atoms with van der Waals surface area (Å²) in [5.74, 6) is 0.481. The van der Waals surface area contributed by atoms with Crippen molar-refractivity contribution in [3.8, 4) is 5.75 Å². The summed E-state index contributed by atoms with van der Waals surface area (Å²) in [7, 11) is 1.63. The number of hydrazone groups is 1. The van der Waals surface area contributed by atoms with E-state index >= 15 is 0 Å². The SMILES string of the molecule is COc1ccc(C2CC(c3ccc(Br)cc3)=NN2C(=O)CCl)cc1. The molecule has 0 saturated carbocycles. The monoisotopic (exact) mass is 406 g/mol. The summed E-state index contributed by atoms with van der Waals surface area (Å²) in [5.41, 5.74) is 2.88. The Morgan fingerprint density at radius 2 is 1.92 bits per heavy atom. The van der Waals surface area contributed by atoms with E-state index in [2.05, 4.69) is 21.0 Å². The van der Waals surface area contributed by atoms with Crippen molar-refractivity contribution in [2.24, 2.45) is 5.10 Å². The highest BCUT2D eigenvalue weighted by molar-refractivity contribution is 9.10. The van der Waals surface area contributed by atoms with Crippen molar-refractivity contribution in [3.63, 3.8) is 0 Å². The largest absolute Gasteiger partial charge is 0.497 e. The number of halogens is 2. The molecule has 124 valence electrons. The fourth-order valence-corrected chi connectivity index (χ4v) is 3.09. The van der Waals surface area contributed by atoms with Crippen molar-refractivity contribution in [2.45, 2.75) is 12.5 Å². The quantitative estimate of drug-likeness (QED) is 0.706. The van der Waals surface area contributed by atoms with E-state index < -0.39 is 0 Å². The lowest BCUT2D eigenvalue weighted by Gasteiger charge is -2.21. The van der Waals surface area contributed by atoms with Gasteiger partial charge in [-0.3, -0.25) is 4.79 Å². The van der Waals surface area contributed by atoms with Crippen LogP contribution in [0.1, 0.15) is 23.6 Å². The van der Waals surface area contributed by atoms with Crippen LogP contribution >= 0.6 is 27.5 Å². The Kier molecular flexibility index (Phi) is 5.21. The maximum Gasteiger partial charge on any atom is 0.258 e. The minimum atomic E-state index is -0.204. The van der Waals surface area contributed by atoms with E-state index in [1.165, 1.54) is 5.01 Å². The van der Waals surface area contributed by atoms with Crippen LogP contribution in [0.15, 0.2) is 58.1 Å². The fourth-order valence-electron chi connectivity index (χ4n) is 2.70. The maximum absolute atomic E-state index is 12.2. The Balaban J connectivity index is 1.91. The van der Waals surface area contributed by atoms with Gasteiger partial charge < -0.3 is 4.74 Å². The molecular weight excluding hydrogens is 392 g/mol. The van der Waals surface area contributed by atoms with Gasteiger partial charge in [-0.2, -0.15) is 5.10 Å². The zero-order valence-corrected chi connectivity index (χ0v) is 15.4. The number of carbonyl (C=O) groups is 1. The van der Waals surface area contributed by atoms with Crippen LogP contribution < -0.4 is 4.74 Å². The number of alkyl halides is 1. The second kappa shape index (κ2) is 7.36. The first-order valence-electron chi connectivity index (χ1n) is 7.47. The molecule has 1 amide bonds. The molecule has 24 heavy (non-hydrogen) atoms. The molecule has 2 aromatic carbocycles. The number of amides is 1. The van der Waals surface area contributed by atoms with E-state index in [-0.39, 0.29) is 17.8 Å². The molecule has 1 unspecified atom stereocenters. The molecule has 1 aliphatic heterocycles. The summed E-state index contributed by atoms with van der Waals surface area (Å²) < 4.78 is 6.20. The first-order chi connectivity index (χ1) is 11.6. The zero-order chi connectivity index (χ0) is 17.1. The number of methoxy groups -OCH3 is 1. The summed E-state index contributed by atoms with van der Waals surface area (Å²) >= 11 is 9.19. The third-order valence-electron chi connectivity index (χ3n) is 3.96. The van der Waals surface area contributed by atoms with Crippen molar-refractivity contribution in [2.75, 3.05) is 13.0 Å². The van der Waals surface area contributed by atoms with E-state index in [0.717, 1.165) is 27.1 Å². The molecule has 1 aliphatic rings. The van der Waals surface area contributed by atoms with Crippen LogP contribution in [0.2, 0.25) is 0 Å². The van der Waals surface area contributed by atoms with E-state index in [0.29, 0.717) is 6.42 Å². The molecule has 6 heteroatoms. The van der Waals surface area contributed by atoms with Gasteiger partial charge in [-0.25, -0.2) is 5.01 Å². The molecule has 0 aromatic heterocycles. The standard InChI is InChI=1S/C18H16BrClN2O2/c1-24-15-8-4-13(5-9-15)17-10-16(21-22(17)18(23)11-20)12-2-6-14(19)7-3-12/h2-9,17H,10-11H2,1H3. The van der Waals surface area contributed by atoms with Gasteiger partial charge in [0.25, 0.3) is 5.91 Å². The number of benzene rings is 2. The molecule has 1 heterocycles. The Hall–Kier alpha value is -1.85. The third-order valence-corrected chi connectivity index (χ3v) is 4.72. The Morgan fingerprint density at radius 1 is 1.25 bits per heavy atom. The average molecular weight is 408 g/mol. The number of carbonyl (C=O) groups excluding carboxylic acids is 1. The number of ether oxygens (including phenoxy) is 1. The van der Waals surface area contributed by atoms with Crippen LogP contribution in [0.25, 0.3) is 0 Å². The normalized spacial score (nSPS) is 16.9. The second-order valence-electron chi connectivity index (χ2n) is 5.42. The highest BCUT2D eigenvalue weighted by Gasteiger charge is 2.32. The van der Waals surface area contributed by atoms with Gasteiger partial charge >= 0.3 is 0 Å². The minimum absolute atomic E-state index is 0.0935. The number of hydrogen-bond acceptors (Lipinski definition) is 3. The molecule has 0 spiro atoms. The van der Waals surface area contributed by atoms with E-state index in [9.17, 15) is 4.79 Å². The third kappa shape index (κ3) is 3.47. The Labute approximate surface area is 154 Å². The van der Waals surface area contributed by atoms with Crippen molar-refractivity contribution in [3.05, 3.63) is 64.1 Å². The predicted molar refractivity (Wildman–Crippen MR) is 98.6 cm³/mol. The maximum atomic E-state index is 12.2. The lowest BCUT2D eigenvalue weighted by molar-refractivity contribution is -0.130. The van der Waals surface area contributed by atoms with E-state index in [4.69, 9.17) is 16.3 Å². The van der Waals surface area contributed by atoms with Gasteiger partial charge in [0.1, 0.15) is 11.6 Å². The van der Waals surface area contributed by atoms with Gasteiger partial charge in [-0.15, -0.1) is 11.6 Å². The van der Waals surface area contributed by atoms with Crippen molar-refractivity contribution in [1.82, 2.24) is 5.01 Å². The molecule has 3 rings (SSSR count). The van der Waals surface area contributed by atoms with Crippen LogP contribution in [-0.4, -0.2) is 29.6 Å². The van der Waals surface area contributed by atoms with E-state index in [1.54, 1.807) is 7.11 Å². The first-order valence-corrected chi connectivity index (χ1v) is 8.80. The summed E-state index contributed by atoms with van der Waals surface area (Å²) in [6, 6.07) is 15.4. The molecule has 0 N–H and O–H groups in total. The predicted octanol–water partition coefficient (Wildman–Crippen LogP) is 4.37. The van der Waals surface area contributed by atoms with Crippen LogP contribution in [0.5, 0.6) is 5.75 Å². The van der Waals surface area contributed by atoms with Gasteiger partial charge in [-0.1, -0.05) is 40.2 Å². The Morgan fingerprint density at radius 3 is 2.50 bits per heavy atom. The highest BCUT2D eigenvalue weighted by atomic mass is 79.9. The molecule has 0 fully saturated rings. The lowest BCUT2D eigenvalue weighted by Crippen LogP contribution is -2.27. The summed E-state index contributed by atoms with van der Waals surface area (Å²) in [4.78, 5) is 12.2. The zero-order valence-electron chi connectivity index (χ0n) is 13.1. The second-order valence-corrected chi connectivity index (χ2v) is 6.60. The van der Waals surface area contributed by atoms with Crippen LogP contribution in [0.4, 0.5) is 0 Å². The first kappa shape index (κ1) is 17.0.